The van der Waals surface area contributed by atoms with Crippen LogP contribution in [0.25, 0.3) is 0 Å². The molecule has 1 unspecified atom stereocenters. The first-order chi connectivity index (χ1) is 15.2. The van der Waals surface area contributed by atoms with Gasteiger partial charge in [-0.1, -0.05) is 23.4 Å². The highest BCUT2D eigenvalue weighted by molar-refractivity contribution is 7.99. The molecule has 2 N–H and O–H groups in total. The van der Waals surface area contributed by atoms with Crippen molar-refractivity contribution in [1.82, 2.24) is 10.3 Å². The minimum absolute atomic E-state index is 0.0464. The van der Waals surface area contributed by atoms with E-state index in [-0.39, 0.29) is 10.8 Å². The summed E-state index contributed by atoms with van der Waals surface area (Å²) < 4.78 is 54.2. The molecule has 0 saturated heterocycles. The summed E-state index contributed by atoms with van der Waals surface area (Å²) in [7, 11) is 0. The average molecular weight is 500 g/mol. The highest BCUT2D eigenvalue weighted by atomic mass is 35.5. The van der Waals surface area contributed by atoms with E-state index in [2.05, 4.69) is 15.0 Å². The average Bonchev–Trinajstić information content (AvgIpc) is 2.75. The van der Waals surface area contributed by atoms with Crippen LogP contribution in [0.4, 0.5) is 18.9 Å². The Kier molecular flexibility index (Phi) is 7.94. The van der Waals surface area contributed by atoms with E-state index in [1.54, 1.807) is 42.6 Å². The molecule has 0 radical (unpaired) electrons. The number of aromatic nitrogens is 1. The molecule has 0 bridgehead atoms. The zero-order valence-electron chi connectivity index (χ0n) is 16.6. The molecule has 0 fully saturated rings. The van der Waals surface area contributed by atoms with Crippen LogP contribution in [0.5, 0.6) is 0 Å². The lowest BCUT2D eigenvalue weighted by atomic mass is 10.2. The van der Waals surface area contributed by atoms with E-state index in [0.717, 1.165) is 21.9 Å². The van der Waals surface area contributed by atoms with E-state index in [4.69, 9.17) is 11.6 Å². The Labute approximate surface area is 195 Å². The van der Waals surface area contributed by atoms with Gasteiger partial charge >= 0.3 is 6.18 Å². The van der Waals surface area contributed by atoms with Gasteiger partial charge in [0.25, 0.3) is 5.91 Å². The molecule has 2 aromatic carbocycles. The fourth-order valence-electron chi connectivity index (χ4n) is 2.58. The van der Waals surface area contributed by atoms with Crippen LogP contribution in [-0.4, -0.2) is 22.0 Å². The lowest BCUT2D eigenvalue weighted by Gasteiger charge is -2.14. The fraction of sp³-hybridized carbons (Fsp3) is 0.143. The normalized spacial score (nSPS) is 12.3. The first kappa shape index (κ1) is 24.2. The summed E-state index contributed by atoms with van der Waals surface area (Å²) in [6.45, 7) is 2.32. The number of amides is 1. The van der Waals surface area contributed by atoms with Crippen LogP contribution in [0.15, 0.2) is 75.5 Å². The number of carbonyl (C=O) groups is 1. The summed E-state index contributed by atoms with van der Waals surface area (Å²) in [5, 5.41) is 2.24. The second-order valence-electron chi connectivity index (χ2n) is 6.37. The molecule has 1 amide bonds. The number of pyridine rings is 1. The van der Waals surface area contributed by atoms with Crippen LogP contribution in [0, 0.1) is 0 Å². The van der Waals surface area contributed by atoms with Crippen LogP contribution in [-0.2, 0) is 17.5 Å². The first-order valence-corrected chi connectivity index (χ1v) is 11.6. The fourth-order valence-corrected chi connectivity index (χ4v) is 4.53. The third kappa shape index (κ3) is 6.32. The molecule has 1 heterocycles. The number of anilines is 1. The molecule has 0 aliphatic rings. The van der Waals surface area contributed by atoms with Crippen molar-refractivity contribution in [3.63, 3.8) is 0 Å². The highest BCUT2D eigenvalue weighted by Gasteiger charge is 2.34. The van der Waals surface area contributed by atoms with E-state index < -0.39 is 28.1 Å². The molecule has 0 spiro atoms. The van der Waals surface area contributed by atoms with Crippen molar-refractivity contribution in [3.05, 3.63) is 77.1 Å². The Balaban J connectivity index is 1.68. The van der Waals surface area contributed by atoms with Gasteiger partial charge in [-0.3, -0.25) is 9.78 Å². The van der Waals surface area contributed by atoms with E-state index in [9.17, 15) is 22.5 Å². The Morgan fingerprint density at radius 1 is 1.12 bits per heavy atom. The van der Waals surface area contributed by atoms with Gasteiger partial charge in [0.2, 0.25) is 0 Å². The van der Waals surface area contributed by atoms with Crippen LogP contribution in [0.1, 0.15) is 23.0 Å². The molecular formula is C21H17ClF3N3O2S2. The van der Waals surface area contributed by atoms with E-state index in [0.29, 0.717) is 17.9 Å². The standard InChI is InChI=1S/C21H17ClF3N3O2S2/c1-2-26-20(29)19-11-15(9-10-27-19)31-14-5-3-13(4-6-14)28-32(30)16-7-8-18(22)17(12-16)21(23,24)25/h3-12,28H,2H2,1H3,(H,26,29). The molecule has 0 saturated carbocycles. The van der Waals surface area contributed by atoms with Crippen molar-refractivity contribution in [3.8, 4) is 0 Å². The number of halogens is 4. The van der Waals surface area contributed by atoms with Gasteiger partial charge in [0.05, 0.1) is 16.3 Å². The SMILES string of the molecule is CCNC(=O)c1cc(Sc2ccc(N[S+]([O-])c3ccc(Cl)c(C(F)(F)F)c3)cc2)ccn1. The second kappa shape index (κ2) is 10.5. The van der Waals surface area contributed by atoms with Crippen molar-refractivity contribution in [2.45, 2.75) is 27.8 Å². The molecule has 3 aromatic rings. The number of rotatable bonds is 7. The summed E-state index contributed by atoms with van der Waals surface area (Å²) in [4.78, 5) is 17.6. The zero-order valence-corrected chi connectivity index (χ0v) is 19.0. The number of carbonyl (C=O) groups excluding carboxylic acids is 1. The Bertz CT molecular complexity index is 1100. The Morgan fingerprint density at radius 2 is 1.84 bits per heavy atom. The zero-order chi connectivity index (χ0) is 23.3. The number of hydrogen-bond acceptors (Lipinski definition) is 5. The van der Waals surface area contributed by atoms with Crippen molar-refractivity contribution < 1.29 is 22.5 Å². The van der Waals surface area contributed by atoms with Crippen LogP contribution >= 0.6 is 23.4 Å². The number of hydrogen-bond donors (Lipinski definition) is 2. The summed E-state index contributed by atoms with van der Waals surface area (Å²) in [5.41, 5.74) is -0.261. The third-order valence-electron chi connectivity index (χ3n) is 4.06. The molecular weight excluding hydrogens is 483 g/mol. The maximum absolute atomic E-state index is 13.0. The van der Waals surface area contributed by atoms with Gasteiger partial charge < -0.3 is 9.87 Å². The van der Waals surface area contributed by atoms with E-state index >= 15 is 0 Å². The molecule has 3 rings (SSSR count). The lowest BCUT2D eigenvalue weighted by Crippen LogP contribution is -2.23. The van der Waals surface area contributed by atoms with Crippen molar-refractivity contribution in [2.24, 2.45) is 0 Å². The second-order valence-corrected chi connectivity index (χ2v) is 9.14. The predicted octanol–water partition coefficient (Wildman–Crippen LogP) is 5.79. The van der Waals surface area contributed by atoms with E-state index in [1.807, 2.05) is 6.92 Å². The largest absolute Gasteiger partial charge is 0.588 e. The summed E-state index contributed by atoms with van der Waals surface area (Å²) >= 11 is 5.10. The van der Waals surface area contributed by atoms with Crippen molar-refractivity contribution in [2.75, 3.05) is 11.3 Å². The van der Waals surface area contributed by atoms with Crippen LogP contribution in [0.2, 0.25) is 5.02 Å². The highest BCUT2D eigenvalue weighted by Crippen LogP contribution is 2.36. The molecule has 32 heavy (non-hydrogen) atoms. The number of nitrogens with one attached hydrogen (secondary N) is 2. The van der Waals surface area contributed by atoms with Gasteiger partial charge in [0, 0.05) is 28.6 Å². The maximum atomic E-state index is 13.0. The molecule has 1 atom stereocenters. The van der Waals surface area contributed by atoms with Crippen molar-refractivity contribution in [1.29, 1.82) is 0 Å². The molecule has 0 aliphatic carbocycles. The first-order valence-electron chi connectivity index (χ1n) is 9.24. The predicted molar refractivity (Wildman–Crippen MR) is 119 cm³/mol. The van der Waals surface area contributed by atoms with Gasteiger partial charge in [-0.15, -0.1) is 0 Å². The molecule has 1 aromatic heterocycles. The maximum Gasteiger partial charge on any atom is 0.418 e. The van der Waals surface area contributed by atoms with Gasteiger partial charge in [0.1, 0.15) is 17.1 Å². The van der Waals surface area contributed by atoms with Crippen LogP contribution < -0.4 is 10.0 Å². The van der Waals surface area contributed by atoms with Gasteiger partial charge in [-0.05, 0) is 55.5 Å². The summed E-state index contributed by atoms with van der Waals surface area (Å²) in [6.07, 6.45) is -3.09. The quantitative estimate of drug-likeness (QED) is 0.402. The molecule has 0 aliphatic heterocycles. The number of nitrogens with zero attached hydrogens (tertiary/aromatic N) is 1. The molecule has 168 valence electrons. The van der Waals surface area contributed by atoms with Crippen molar-refractivity contribution >= 4 is 46.3 Å². The monoisotopic (exact) mass is 499 g/mol. The Hall–Kier alpha value is -2.40. The Morgan fingerprint density at radius 3 is 2.50 bits per heavy atom. The lowest BCUT2D eigenvalue weighted by molar-refractivity contribution is -0.137. The summed E-state index contributed by atoms with van der Waals surface area (Å²) in [6, 6.07) is 13.4. The topological polar surface area (TPSA) is 77.1 Å². The van der Waals surface area contributed by atoms with Gasteiger partial charge in [-0.25, -0.2) is 4.72 Å². The minimum atomic E-state index is -4.64. The van der Waals surface area contributed by atoms with Gasteiger partial charge in [0.15, 0.2) is 4.90 Å². The molecule has 11 heteroatoms. The van der Waals surface area contributed by atoms with E-state index in [1.165, 1.54) is 17.8 Å². The van der Waals surface area contributed by atoms with Gasteiger partial charge in [-0.2, -0.15) is 13.2 Å². The summed E-state index contributed by atoms with van der Waals surface area (Å²) in [5.74, 6) is -0.257. The molecule has 5 nitrogen and oxygen atoms in total. The number of benzene rings is 2. The van der Waals surface area contributed by atoms with Crippen LogP contribution in [0.3, 0.4) is 0 Å². The number of alkyl halides is 3. The smallest absolute Gasteiger partial charge is 0.418 e. The minimum Gasteiger partial charge on any atom is -0.588 e. The third-order valence-corrected chi connectivity index (χ3v) is 6.49.